The van der Waals surface area contributed by atoms with Crippen LogP contribution in [-0.2, 0) is 11.2 Å². The van der Waals surface area contributed by atoms with Gasteiger partial charge >= 0.3 is 5.97 Å². The number of carboxylic acids is 1. The fourth-order valence-corrected chi connectivity index (χ4v) is 2.11. The normalized spacial score (nSPS) is 10.2. The minimum Gasteiger partial charge on any atom is -0.490 e. The number of para-hydroxylation sites is 2. The Kier molecular flexibility index (Phi) is 5.83. The van der Waals surface area contributed by atoms with E-state index >= 15 is 0 Å². The zero-order valence-electron chi connectivity index (χ0n) is 12.6. The summed E-state index contributed by atoms with van der Waals surface area (Å²) in [5, 5.41) is 8.77. The van der Waals surface area contributed by atoms with Crippen LogP contribution in [0.3, 0.4) is 0 Å². The molecule has 0 saturated carbocycles. The third-order valence-corrected chi connectivity index (χ3v) is 3.27. The predicted octanol–water partition coefficient (Wildman–Crippen LogP) is 3.47. The second-order valence-electron chi connectivity index (χ2n) is 4.96. The molecule has 22 heavy (non-hydrogen) atoms. The number of rotatable bonds is 8. The van der Waals surface area contributed by atoms with Crippen LogP contribution in [0, 0.1) is 6.92 Å². The largest absolute Gasteiger partial charge is 0.490 e. The number of benzene rings is 2. The van der Waals surface area contributed by atoms with Crippen molar-refractivity contribution in [1.29, 1.82) is 0 Å². The van der Waals surface area contributed by atoms with Crippen LogP contribution in [-0.4, -0.2) is 24.3 Å². The minimum atomic E-state index is -0.808. The van der Waals surface area contributed by atoms with Crippen LogP contribution in [0.4, 0.5) is 0 Å². The zero-order valence-corrected chi connectivity index (χ0v) is 12.6. The number of hydrogen-bond donors (Lipinski definition) is 1. The van der Waals surface area contributed by atoms with Gasteiger partial charge in [0.05, 0.1) is 0 Å². The second kappa shape index (κ2) is 8.08. The first-order valence-electron chi connectivity index (χ1n) is 7.28. The molecule has 4 heteroatoms. The van der Waals surface area contributed by atoms with Gasteiger partial charge in [0, 0.05) is 6.42 Å². The molecule has 1 N–H and O–H groups in total. The number of carboxylic acid groups (broad SMARTS) is 1. The maximum Gasteiger partial charge on any atom is 0.303 e. The van der Waals surface area contributed by atoms with Gasteiger partial charge in [-0.05, 0) is 36.6 Å². The Morgan fingerprint density at radius 2 is 1.55 bits per heavy atom. The molecule has 0 spiro atoms. The van der Waals surface area contributed by atoms with E-state index in [0.717, 1.165) is 22.6 Å². The molecule has 116 valence electrons. The molecule has 0 heterocycles. The lowest BCUT2D eigenvalue weighted by Crippen LogP contribution is -2.10. The van der Waals surface area contributed by atoms with Crippen molar-refractivity contribution in [3.63, 3.8) is 0 Å². The Labute approximate surface area is 130 Å². The molecule has 0 radical (unpaired) electrons. The second-order valence-corrected chi connectivity index (χ2v) is 4.96. The fraction of sp³-hybridized carbons (Fsp3) is 0.278. The first-order valence-corrected chi connectivity index (χ1v) is 7.28. The van der Waals surface area contributed by atoms with Crippen LogP contribution < -0.4 is 9.47 Å². The Balaban J connectivity index is 1.84. The van der Waals surface area contributed by atoms with Crippen molar-refractivity contribution in [2.24, 2.45) is 0 Å². The lowest BCUT2D eigenvalue weighted by atomic mass is 10.1. The minimum absolute atomic E-state index is 0.0973. The molecule has 2 aromatic carbocycles. The molecule has 0 unspecified atom stereocenters. The highest BCUT2D eigenvalue weighted by Gasteiger charge is 2.06. The molecule has 0 saturated heterocycles. The van der Waals surface area contributed by atoms with Crippen LogP contribution in [0.15, 0.2) is 48.5 Å². The number of carbonyl (C=O) groups is 1. The third kappa shape index (κ3) is 4.81. The van der Waals surface area contributed by atoms with E-state index in [1.165, 1.54) is 0 Å². The van der Waals surface area contributed by atoms with Crippen molar-refractivity contribution in [2.75, 3.05) is 13.2 Å². The van der Waals surface area contributed by atoms with Crippen molar-refractivity contribution < 1.29 is 19.4 Å². The molecule has 2 rings (SSSR count). The molecule has 4 nitrogen and oxygen atoms in total. The average molecular weight is 300 g/mol. The molecule has 0 amide bonds. The van der Waals surface area contributed by atoms with Gasteiger partial charge in [-0.1, -0.05) is 36.4 Å². The highest BCUT2D eigenvalue weighted by molar-refractivity contribution is 5.67. The Hall–Kier alpha value is -2.49. The lowest BCUT2D eigenvalue weighted by molar-refractivity contribution is -0.136. The van der Waals surface area contributed by atoms with E-state index in [0.29, 0.717) is 19.6 Å². The van der Waals surface area contributed by atoms with E-state index < -0.39 is 5.97 Å². The number of aryl methyl sites for hydroxylation is 2. The van der Waals surface area contributed by atoms with Crippen molar-refractivity contribution in [2.45, 2.75) is 19.8 Å². The summed E-state index contributed by atoms with van der Waals surface area (Å²) in [4.78, 5) is 10.7. The predicted molar refractivity (Wildman–Crippen MR) is 84.6 cm³/mol. The van der Waals surface area contributed by atoms with Gasteiger partial charge in [0.1, 0.15) is 24.7 Å². The average Bonchev–Trinajstić information content (AvgIpc) is 2.52. The summed E-state index contributed by atoms with van der Waals surface area (Å²) in [6, 6.07) is 15.3. The number of ether oxygens (including phenoxy) is 2. The number of aliphatic carboxylic acids is 1. The third-order valence-electron chi connectivity index (χ3n) is 3.27. The van der Waals surface area contributed by atoms with E-state index in [1.807, 2.05) is 55.5 Å². The SMILES string of the molecule is Cc1ccccc1OCCOc1ccccc1CCC(=O)O. The van der Waals surface area contributed by atoms with Crippen molar-refractivity contribution in [3.05, 3.63) is 59.7 Å². The first kappa shape index (κ1) is 15.9. The summed E-state index contributed by atoms with van der Waals surface area (Å²) in [6.45, 7) is 2.86. The van der Waals surface area contributed by atoms with Crippen molar-refractivity contribution >= 4 is 5.97 Å². The molecule has 0 aliphatic heterocycles. The first-order chi connectivity index (χ1) is 10.7. The molecular formula is C18H20O4. The van der Waals surface area contributed by atoms with Gasteiger partial charge in [0.2, 0.25) is 0 Å². The molecule has 0 bridgehead atoms. The standard InChI is InChI=1S/C18H20O4/c1-14-6-2-4-8-16(14)21-12-13-22-17-9-5-3-7-15(17)10-11-18(19)20/h2-9H,10-13H2,1H3,(H,19,20). The van der Waals surface area contributed by atoms with Gasteiger partial charge in [-0.25, -0.2) is 0 Å². The Morgan fingerprint density at radius 1 is 0.955 bits per heavy atom. The van der Waals surface area contributed by atoms with Gasteiger partial charge in [-0.2, -0.15) is 0 Å². The Bertz CT molecular complexity index is 622. The monoisotopic (exact) mass is 300 g/mol. The summed E-state index contributed by atoms with van der Waals surface area (Å²) < 4.78 is 11.4. The molecule has 0 atom stereocenters. The van der Waals surface area contributed by atoms with Crippen molar-refractivity contribution in [3.8, 4) is 11.5 Å². The van der Waals surface area contributed by atoms with E-state index in [-0.39, 0.29) is 6.42 Å². The molecule has 0 aliphatic carbocycles. The summed E-state index contributed by atoms with van der Waals surface area (Å²) in [5.74, 6) is 0.764. The van der Waals surface area contributed by atoms with E-state index in [9.17, 15) is 4.79 Å². The van der Waals surface area contributed by atoms with Crippen LogP contribution in [0.25, 0.3) is 0 Å². The van der Waals surface area contributed by atoms with Gasteiger partial charge < -0.3 is 14.6 Å². The van der Waals surface area contributed by atoms with Gasteiger partial charge in [-0.3, -0.25) is 4.79 Å². The number of hydrogen-bond acceptors (Lipinski definition) is 3. The Morgan fingerprint density at radius 3 is 2.23 bits per heavy atom. The van der Waals surface area contributed by atoms with Gasteiger partial charge in [0.15, 0.2) is 0 Å². The van der Waals surface area contributed by atoms with Crippen LogP contribution in [0.2, 0.25) is 0 Å². The molecular weight excluding hydrogens is 280 g/mol. The highest BCUT2D eigenvalue weighted by Crippen LogP contribution is 2.20. The molecule has 0 aromatic heterocycles. The van der Waals surface area contributed by atoms with E-state index in [4.69, 9.17) is 14.6 Å². The highest BCUT2D eigenvalue weighted by atomic mass is 16.5. The van der Waals surface area contributed by atoms with Crippen LogP contribution >= 0.6 is 0 Å². The van der Waals surface area contributed by atoms with E-state index in [2.05, 4.69) is 0 Å². The maximum absolute atomic E-state index is 10.7. The fourth-order valence-electron chi connectivity index (χ4n) is 2.11. The quantitative estimate of drug-likeness (QED) is 0.758. The lowest BCUT2D eigenvalue weighted by Gasteiger charge is -2.12. The zero-order chi connectivity index (χ0) is 15.8. The van der Waals surface area contributed by atoms with E-state index in [1.54, 1.807) is 0 Å². The van der Waals surface area contributed by atoms with Crippen LogP contribution in [0.1, 0.15) is 17.5 Å². The summed E-state index contributed by atoms with van der Waals surface area (Å²) in [6.07, 6.45) is 0.560. The summed E-state index contributed by atoms with van der Waals surface area (Å²) in [5.41, 5.74) is 1.99. The maximum atomic E-state index is 10.7. The summed E-state index contributed by atoms with van der Waals surface area (Å²) >= 11 is 0. The van der Waals surface area contributed by atoms with Gasteiger partial charge in [0.25, 0.3) is 0 Å². The topological polar surface area (TPSA) is 55.8 Å². The van der Waals surface area contributed by atoms with Gasteiger partial charge in [-0.15, -0.1) is 0 Å². The van der Waals surface area contributed by atoms with Crippen molar-refractivity contribution in [1.82, 2.24) is 0 Å². The molecule has 0 fully saturated rings. The summed E-state index contributed by atoms with van der Waals surface area (Å²) in [7, 11) is 0. The molecule has 0 aliphatic rings. The smallest absolute Gasteiger partial charge is 0.303 e. The molecule has 2 aromatic rings. The van der Waals surface area contributed by atoms with Crippen LogP contribution in [0.5, 0.6) is 11.5 Å².